The van der Waals surface area contributed by atoms with Gasteiger partial charge in [0, 0.05) is 36.8 Å². The molecule has 3 heteroatoms. The molecule has 70 valence electrons. The maximum Gasteiger partial charge on any atom is 0.0537 e. The van der Waals surface area contributed by atoms with Crippen LogP contribution in [0.3, 0.4) is 0 Å². The van der Waals surface area contributed by atoms with Gasteiger partial charge in [0.15, 0.2) is 0 Å². The summed E-state index contributed by atoms with van der Waals surface area (Å²) in [7, 11) is 2.07. The van der Waals surface area contributed by atoms with Crippen molar-refractivity contribution < 1.29 is 0 Å². The summed E-state index contributed by atoms with van der Waals surface area (Å²) < 4.78 is 2.08. The lowest BCUT2D eigenvalue weighted by atomic mass is 9.64. The number of hydrogen-bond acceptors (Lipinski definition) is 2. The van der Waals surface area contributed by atoms with Crippen molar-refractivity contribution in [1.29, 1.82) is 0 Å². The summed E-state index contributed by atoms with van der Waals surface area (Å²) in [5.41, 5.74) is 3.35. The Labute approximate surface area is 78.1 Å². The van der Waals surface area contributed by atoms with Crippen LogP contribution in [-0.2, 0) is 19.0 Å². The minimum Gasteiger partial charge on any atom is -0.312 e. The van der Waals surface area contributed by atoms with Crippen LogP contribution in [0.15, 0.2) is 6.20 Å². The minimum atomic E-state index is 0.443. The van der Waals surface area contributed by atoms with Crippen molar-refractivity contribution in [3.05, 3.63) is 17.5 Å². The van der Waals surface area contributed by atoms with Crippen LogP contribution in [0.2, 0.25) is 0 Å². The highest BCUT2D eigenvalue weighted by molar-refractivity contribution is 5.32. The molecule has 3 rings (SSSR count). The quantitative estimate of drug-likeness (QED) is 0.639. The van der Waals surface area contributed by atoms with Crippen molar-refractivity contribution in [2.75, 3.05) is 6.54 Å². The molecule has 2 heterocycles. The van der Waals surface area contributed by atoms with E-state index in [0.717, 1.165) is 13.1 Å². The second-order valence-electron chi connectivity index (χ2n) is 4.38. The largest absolute Gasteiger partial charge is 0.312 e. The molecule has 1 fully saturated rings. The number of hydrogen-bond donors (Lipinski definition) is 1. The van der Waals surface area contributed by atoms with Crippen molar-refractivity contribution in [3.8, 4) is 0 Å². The van der Waals surface area contributed by atoms with Gasteiger partial charge in [0.1, 0.15) is 0 Å². The van der Waals surface area contributed by atoms with Gasteiger partial charge >= 0.3 is 0 Å². The van der Waals surface area contributed by atoms with Crippen LogP contribution >= 0.6 is 0 Å². The zero-order valence-electron chi connectivity index (χ0n) is 8.01. The SMILES string of the molecule is Cn1ncc2c1C1(CCC1)CNC2. The molecule has 0 saturated heterocycles. The third-order valence-electron chi connectivity index (χ3n) is 3.61. The first-order valence-corrected chi connectivity index (χ1v) is 5.04. The molecule has 0 atom stereocenters. The van der Waals surface area contributed by atoms with Gasteiger partial charge in [-0.05, 0) is 12.8 Å². The zero-order valence-corrected chi connectivity index (χ0v) is 8.01. The average molecular weight is 177 g/mol. The van der Waals surface area contributed by atoms with E-state index in [-0.39, 0.29) is 0 Å². The van der Waals surface area contributed by atoms with Crippen LogP contribution in [0.5, 0.6) is 0 Å². The molecular formula is C10H15N3. The lowest BCUT2D eigenvalue weighted by molar-refractivity contribution is 0.205. The minimum absolute atomic E-state index is 0.443. The monoisotopic (exact) mass is 177 g/mol. The molecule has 13 heavy (non-hydrogen) atoms. The van der Waals surface area contributed by atoms with Gasteiger partial charge in [-0.25, -0.2) is 0 Å². The van der Waals surface area contributed by atoms with Gasteiger partial charge in [-0.2, -0.15) is 5.10 Å². The number of nitrogens with one attached hydrogen (secondary N) is 1. The van der Waals surface area contributed by atoms with Crippen LogP contribution in [0.4, 0.5) is 0 Å². The molecule has 0 radical (unpaired) electrons. The van der Waals surface area contributed by atoms with E-state index in [1.807, 2.05) is 6.20 Å². The Morgan fingerprint density at radius 1 is 1.54 bits per heavy atom. The number of rotatable bonds is 0. The van der Waals surface area contributed by atoms with Crippen molar-refractivity contribution in [3.63, 3.8) is 0 Å². The van der Waals surface area contributed by atoms with Gasteiger partial charge in [0.25, 0.3) is 0 Å². The lowest BCUT2D eigenvalue weighted by Gasteiger charge is -2.45. The molecule has 0 aromatic carbocycles. The predicted octanol–water partition coefficient (Wildman–Crippen LogP) is 0.945. The second kappa shape index (κ2) is 2.35. The fourth-order valence-electron chi connectivity index (χ4n) is 2.83. The lowest BCUT2D eigenvalue weighted by Crippen LogP contribution is -2.48. The third-order valence-corrected chi connectivity index (χ3v) is 3.61. The summed E-state index contributed by atoms with van der Waals surface area (Å²) in [6, 6.07) is 0. The standard InChI is InChI=1S/C10H15N3/c1-13-9-8(6-12-13)5-11-7-10(9)3-2-4-10/h6,11H,2-5,7H2,1H3. The number of fused-ring (bicyclic) bond motifs is 2. The average Bonchev–Trinajstić information content (AvgIpc) is 2.45. The Hall–Kier alpha value is -0.830. The highest BCUT2D eigenvalue weighted by atomic mass is 15.3. The van der Waals surface area contributed by atoms with E-state index in [4.69, 9.17) is 0 Å². The Balaban J connectivity index is 2.14. The normalized spacial score (nSPS) is 24.1. The first kappa shape index (κ1) is 7.56. The van der Waals surface area contributed by atoms with E-state index in [0.29, 0.717) is 5.41 Å². The molecule has 1 aromatic rings. The first-order chi connectivity index (χ1) is 6.32. The predicted molar refractivity (Wildman–Crippen MR) is 50.4 cm³/mol. The van der Waals surface area contributed by atoms with Crippen LogP contribution in [0.1, 0.15) is 30.5 Å². The van der Waals surface area contributed by atoms with E-state index < -0.39 is 0 Å². The molecule has 0 amide bonds. The number of aromatic nitrogens is 2. The van der Waals surface area contributed by atoms with E-state index in [9.17, 15) is 0 Å². The Kier molecular flexibility index (Phi) is 1.37. The highest BCUT2D eigenvalue weighted by Crippen LogP contribution is 2.45. The summed E-state index contributed by atoms with van der Waals surface area (Å²) >= 11 is 0. The first-order valence-electron chi connectivity index (χ1n) is 5.04. The fourth-order valence-corrected chi connectivity index (χ4v) is 2.83. The maximum absolute atomic E-state index is 4.35. The summed E-state index contributed by atoms with van der Waals surface area (Å²) in [6.45, 7) is 2.16. The van der Waals surface area contributed by atoms with Crippen molar-refractivity contribution in [2.45, 2.75) is 31.2 Å². The molecule has 2 aliphatic rings. The van der Waals surface area contributed by atoms with Crippen molar-refractivity contribution in [2.24, 2.45) is 7.05 Å². The van der Waals surface area contributed by atoms with Gasteiger partial charge in [0.05, 0.1) is 6.20 Å². The number of aryl methyl sites for hydroxylation is 1. The van der Waals surface area contributed by atoms with Crippen molar-refractivity contribution >= 4 is 0 Å². The number of nitrogens with zero attached hydrogens (tertiary/aromatic N) is 2. The van der Waals surface area contributed by atoms with Gasteiger partial charge < -0.3 is 5.32 Å². The van der Waals surface area contributed by atoms with Gasteiger partial charge in [-0.15, -0.1) is 0 Å². The summed E-state index contributed by atoms with van der Waals surface area (Å²) in [5, 5.41) is 7.85. The van der Waals surface area contributed by atoms with Gasteiger partial charge in [-0.3, -0.25) is 4.68 Å². The Morgan fingerprint density at radius 3 is 3.08 bits per heavy atom. The van der Waals surface area contributed by atoms with Gasteiger partial charge in [-0.1, -0.05) is 6.42 Å². The molecule has 1 aromatic heterocycles. The van der Waals surface area contributed by atoms with Crippen LogP contribution < -0.4 is 5.32 Å². The van der Waals surface area contributed by atoms with Crippen LogP contribution in [0.25, 0.3) is 0 Å². The molecule has 1 saturated carbocycles. The van der Waals surface area contributed by atoms with E-state index in [2.05, 4.69) is 22.1 Å². The van der Waals surface area contributed by atoms with Crippen LogP contribution in [-0.4, -0.2) is 16.3 Å². The van der Waals surface area contributed by atoms with E-state index >= 15 is 0 Å². The summed E-state index contributed by atoms with van der Waals surface area (Å²) in [6.07, 6.45) is 6.08. The molecule has 0 unspecified atom stereocenters. The van der Waals surface area contributed by atoms with E-state index in [1.165, 1.54) is 30.5 Å². The summed E-state index contributed by atoms with van der Waals surface area (Å²) in [4.78, 5) is 0. The molecule has 1 N–H and O–H groups in total. The molecule has 1 spiro atoms. The molecule has 0 bridgehead atoms. The van der Waals surface area contributed by atoms with E-state index in [1.54, 1.807) is 0 Å². The second-order valence-corrected chi connectivity index (χ2v) is 4.38. The smallest absolute Gasteiger partial charge is 0.0537 e. The Morgan fingerprint density at radius 2 is 2.38 bits per heavy atom. The molecule has 1 aliphatic carbocycles. The Bertz CT molecular complexity index is 336. The molecule has 1 aliphatic heterocycles. The highest BCUT2D eigenvalue weighted by Gasteiger charge is 2.44. The molecular weight excluding hydrogens is 162 g/mol. The maximum atomic E-state index is 4.35. The van der Waals surface area contributed by atoms with Crippen LogP contribution in [0, 0.1) is 0 Å². The third kappa shape index (κ3) is 0.854. The molecule has 3 nitrogen and oxygen atoms in total. The van der Waals surface area contributed by atoms with Gasteiger partial charge in [0.2, 0.25) is 0 Å². The summed E-state index contributed by atoms with van der Waals surface area (Å²) in [5.74, 6) is 0. The topological polar surface area (TPSA) is 29.9 Å². The van der Waals surface area contributed by atoms with Crippen molar-refractivity contribution in [1.82, 2.24) is 15.1 Å². The fraction of sp³-hybridized carbons (Fsp3) is 0.700. The zero-order chi connectivity index (χ0) is 8.89.